The van der Waals surface area contributed by atoms with Gasteiger partial charge in [0.2, 0.25) is 0 Å². The van der Waals surface area contributed by atoms with Crippen molar-refractivity contribution in [3.05, 3.63) is 6.20 Å². The molecule has 3 N–H and O–H groups in total. The van der Waals surface area contributed by atoms with Gasteiger partial charge < -0.3 is 11.1 Å². The van der Waals surface area contributed by atoms with Crippen LogP contribution in [-0.2, 0) is 0 Å². The Morgan fingerprint density at radius 3 is 2.32 bits per heavy atom. The molecule has 104 valence electrons. The molecule has 1 unspecified atom stereocenters. The van der Waals surface area contributed by atoms with Gasteiger partial charge in [-0.1, -0.05) is 11.3 Å². The summed E-state index contributed by atoms with van der Waals surface area (Å²) in [5.41, 5.74) is 6.31. The summed E-state index contributed by atoms with van der Waals surface area (Å²) in [7, 11) is 0. The van der Waals surface area contributed by atoms with E-state index in [1.807, 2.05) is 0 Å². The van der Waals surface area contributed by atoms with Crippen molar-refractivity contribution in [1.82, 2.24) is 4.98 Å². The van der Waals surface area contributed by atoms with E-state index in [9.17, 15) is 0 Å². The molecule has 0 radical (unpaired) electrons. The second-order valence-electron chi connectivity index (χ2n) is 7.21. The first-order valence-corrected chi connectivity index (χ1v) is 8.42. The molecule has 0 aromatic carbocycles. The first-order chi connectivity index (χ1) is 9.13. The van der Waals surface area contributed by atoms with E-state index in [1.54, 1.807) is 17.5 Å². The van der Waals surface area contributed by atoms with Gasteiger partial charge in [-0.05, 0) is 68.6 Å². The number of aromatic nitrogens is 1. The summed E-state index contributed by atoms with van der Waals surface area (Å²) in [5.74, 6) is 3.03. The smallest absolute Gasteiger partial charge is 0.184 e. The maximum absolute atomic E-state index is 5.78. The van der Waals surface area contributed by atoms with Gasteiger partial charge in [-0.25, -0.2) is 4.98 Å². The molecule has 0 spiro atoms. The largest absolute Gasteiger partial charge is 0.389 e. The van der Waals surface area contributed by atoms with E-state index in [1.165, 1.54) is 38.5 Å². The molecule has 19 heavy (non-hydrogen) atoms. The van der Waals surface area contributed by atoms with Crippen LogP contribution in [0, 0.1) is 23.2 Å². The minimum absolute atomic E-state index is 0.534. The first-order valence-electron chi connectivity index (χ1n) is 7.61. The predicted octanol–water partition coefficient (Wildman–Crippen LogP) is 3.74. The maximum Gasteiger partial charge on any atom is 0.184 e. The Kier molecular flexibility index (Phi) is 2.60. The molecule has 1 atom stereocenters. The Labute approximate surface area is 119 Å². The number of nitrogen functional groups attached to an aromatic ring is 1. The van der Waals surface area contributed by atoms with Crippen LogP contribution in [-0.4, -0.2) is 11.0 Å². The van der Waals surface area contributed by atoms with Crippen LogP contribution >= 0.6 is 11.3 Å². The Morgan fingerprint density at radius 2 is 1.84 bits per heavy atom. The van der Waals surface area contributed by atoms with Gasteiger partial charge in [0.05, 0.1) is 6.20 Å². The van der Waals surface area contributed by atoms with Crippen LogP contribution in [0.2, 0.25) is 0 Å². The van der Waals surface area contributed by atoms with Crippen molar-refractivity contribution in [3.8, 4) is 0 Å². The van der Waals surface area contributed by atoms with Gasteiger partial charge in [0.25, 0.3) is 0 Å². The third-order valence-corrected chi connectivity index (χ3v) is 6.63. The molecule has 0 amide bonds. The lowest BCUT2D eigenvalue weighted by molar-refractivity contribution is -0.0602. The van der Waals surface area contributed by atoms with Crippen molar-refractivity contribution in [2.24, 2.45) is 23.2 Å². The molecule has 4 saturated carbocycles. The zero-order valence-electron chi connectivity index (χ0n) is 11.6. The molecular weight excluding hydrogens is 254 g/mol. The molecular formula is C15H23N3S. The highest BCUT2D eigenvalue weighted by molar-refractivity contribution is 7.19. The molecule has 4 aliphatic carbocycles. The maximum atomic E-state index is 5.78. The third-order valence-electron chi connectivity index (χ3n) is 5.87. The van der Waals surface area contributed by atoms with Crippen LogP contribution < -0.4 is 11.1 Å². The van der Waals surface area contributed by atoms with Gasteiger partial charge in [0, 0.05) is 6.04 Å². The Bertz CT molecular complexity index is 446. The Balaban J connectivity index is 1.54. The van der Waals surface area contributed by atoms with Crippen molar-refractivity contribution in [2.75, 3.05) is 11.1 Å². The fourth-order valence-electron chi connectivity index (χ4n) is 5.40. The topological polar surface area (TPSA) is 50.9 Å². The molecule has 4 heteroatoms. The molecule has 5 rings (SSSR count). The van der Waals surface area contributed by atoms with Gasteiger partial charge in [-0.2, -0.15) is 0 Å². The second kappa shape index (κ2) is 4.11. The zero-order chi connectivity index (χ0) is 13.0. The number of nitrogens with one attached hydrogen (secondary N) is 1. The van der Waals surface area contributed by atoms with Crippen molar-refractivity contribution in [3.63, 3.8) is 0 Å². The highest BCUT2D eigenvalue weighted by Crippen LogP contribution is 2.61. The quantitative estimate of drug-likeness (QED) is 0.885. The third kappa shape index (κ3) is 1.95. The molecule has 4 fully saturated rings. The first kappa shape index (κ1) is 12.0. The second-order valence-corrected chi connectivity index (χ2v) is 8.28. The van der Waals surface area contributed by atoms with E-state index in [4.69, 9.17) is 5.73 Å². The molecule has 0 saturated heterocycles. The molecule has 3 nitrogen and oxygen atoms in total. The minimum Gasteiger partial charge on any atom is -0.389 e. The predicted molar refractivity (Wildman–Crippen MR) is 80.2 cm³/mol. The van der Waals surface area contributed by atoms with Gasteiger partial charge in [0.15, 0.2) is 5.13 Å². The fraction of sp³-hybridized carbons (Fsp3) is 0.800. The van der Waals surface area contributed by atoms with Crippen LogP contribution in [0.1, 0.15) is 45.4 Å². The van der Waals surface area contributed by atoms with Crippen LogP contribution in [0.15, 0.2) is 6.20 Å². The number of nitrogens with two attached hydrogens (primary N) is 1. The fourth-order valence-corrected chi connectivity index (χ4v) is 6.07. The van der Waals surface area contributed by atoms with Crippen molar-refractivity contribution >= 4 is 21.5 Å². The van der Waals surface area contributed by atoms with Crippen LogP contribution in [0.5, 0.6) is 0 Å². The number of anilines is 2. The van der Waals surface area contributed by atoms with Crippen LogP contribution in [0.4, 0.5) is 10.1 Å². The van der Waals surface area contributed by atoms with E-state index in [0.29, 0.717) is 11.5 Å². The van der Waals surface area contributed by atoms with Gasteiger partial charge >= 0.3 is 0 Å². The number of nitrogens with zero attached hydrogens (tertiary/aromatic N) is 1. The molecule has 4 aliphatic rings. The van der Waals surface area contributed by atoms with E-state index in [0.717, 1.165) is 27.9 Å². The van der Waals surface area contributed by atoms with E-state index < -0.39 is 0 Å². The van der Waals surface area contributed by atoms with E-state index in [-0.39, 0.29) is 0 Å². The normalized spacial score (nSPS) is 41.4. The number of thiazole rings is 1. The minimum atomic E-state index is 0.534. The standard InChI is InChI=1S/C15H23N3S/c1-9(18-14-17-8-13(16)19-14)15-5-10-2-11(6-15)4-12(3-10)7-15/h8-12H,2-7,16H2,1H3,(H,17,18). The van der Waals surface area contributed by atoms with E-state index >= 15 is 0 Å². The molecule has 1 aromatic heterocycles. The summed E-state index contributed by atoms with van der Waals surface area (Å²) in [4.78, 5) is 4.37. The molecule has 4 bridgehead atoms. The highest BCUT2D eigenvalue weighted by Gasteiger charge is 2.53. The average Bonchev–Trinajstić information content (AvgIpc) is 2.73. The summed E-state index contributed by atoms with van der Waals surface area (Å²) in [6.07, 6.45) is 10.6. The summed E-state index contributed by atoms with van der Waals surface area (Å²) < 4.78 is 0. The highest BCUT2D eigenvalue weighted by atomic mass is 32.1. The average molecular weight is 277 g/mol. The SMILES string of the molecule is CC(Nc1ncc(N)s1)C12CC3CC(CC(C3)C1)C2. The summed E-state index contributed by atoms with van der Waals surface area (Å²) >= 11 is 1.58. The van der Waals surface area contributed by atoms with Gasteiger partial charge in [0.1, 0.15) is 5.00 Å². The lowest BCUT2D eigenvalue weighted by atomic mass is 9.48. The van der Waals surface area contributed by atoms with Crippen molar-refractivity contribution in [1.29, 1.82) is 0 Å². The van der Waals surface area contributed by atoms with Crippen LogP contribution in [0.25, 0.3) is 0 Å². The molecule has 1 aromatic rings. The van der Waals surface area contributed by atoms with Gasteiger partial charge in [-0.3, -0.25) is 0 Å². The summed E-state index contributed by atoms with van der Waals surface area (Å²) in [6, 6.07) is 0.534. The van der Waals surface area contributed by atoms with Crippen LogP contribution in [0.3, 0.4) is 0 Å². The Hall–Kier alpha value is -0.770. The van der Waals surface area contributed by atoms with Crippen molar-refractivity contribution in [2.45, 2.75) is 51.5 Å². The Morgan fingerprint density at radius 1 is 1.26 bits per heavy atom. The lowest BCUT2D eigenvalue weighted by Gasteiger charge is -2.59. The lowest BCUT2D eigenvalue weighted by Crippen LogP contribution is -2.52. The summed E-state index contributed by atoms with van der Waals surface area (Å²) in [5, 5.41) is 5.45. The number of rotatable bonds is 3. The van der Waals surface area contributed by atoms with Crippen molar-refractivity contribution < 1.29 is 0 Å². The number of hydrogen-bond donors (Lipinski definition) is 2. The van der Waals surface area contributed by atoms with E-state index in [2.05, 4.69) is 17.2 Å². The molecule has 0 aliphatic heterocycles. The monoisotopic (exact) mass is 277 g/mol. The molecule has 1 heterocycles. The zero-order valence-corrected chi connectivity index (χ0v) is 12.4. The van der Waals surface area contributed by atoms with Gasteiger partial charge in [-0.15, -0.1) is 0 Å². The summed E-state index contributed by atoms with van der Waals surface area (Å²) in [6.45, 7) is 2.37. The number of hydrogen-bond acceptors (Lipinski definition) is 4.